The van der Waals surface area contributed by atoms with Gasteiger partial charge in [0.2, 0.25) is 0 Å². The van der Waals surface area contributed by atoms with E-state index in [9.17, 15) is 14.4 Å². The number of thioether (sulfide) groups is 1. The predicted octanol–water partition coefficient (Wildman–Crippen LogP) is 2.36. The van der Waals surface area contributed by atoms with Gasteiger partial charge in [-0.15, -0.1) is 0 Å². The van der Waals surface area contributed by atoms with Crippen LogP contribution < -0.4 is 15.4 Å². The molecule has 9 heteroatoms. The van der Waals surface area contributed by atoms with Crippen LogP contribution in [0, 0.1) is 11.3 Å². The number of amides is 2. The van der Waals surface area contributed by atoms with E-state index in [0.29, 0.717) is 29.2 Å². The number of ether oxygens (including phenoxy) is 2. The number of nitrogens with zero attached hydrogens (tertiary/aromatic N) is 1. The van der Waals surface area contributed by atoms with Gasteiger partial charge < -0.3 is 20.1 Å². The summed E-state index contributed by atoms with van der Waals surface area (Å²) < 4.78 is 10.5. The lowest BCUT2D eigenvalue weighted by molar-refractivity contribution is -0.150. The van der Waals surface area contributed by atoms with Crippen LogP contribution in [0.25, 0.3) is 0 Å². The third-order valence-corrected chi connectivity index (χ3v) is 4.65. The number of hydrogen-bond acceptors (Lipinski definition) is 7. The van der Waals surface area contributed by atoms with Gasteiger partial charge in [0, 0.05) is 0 Å². The molecule has 0 saturated heterocycles. The monoisotopic (exact) mass is 441 g/mol. The molecule has 0 bridgehead atoms. The van der Waals surface area contributed by atoms with Gasteiger partial charge in [-0.1, -0.05) is 30.3 Å². The van der Waals surface area contributed by atoms with Crippen molar-refractivity contribution < 1.29 is 23.9 Å². The van der Waals surface area contributed by atoms with E-state index in [-0.39, 0.29) is 6.61 Å². The van der Waals surface area contributed by atoms with Crippen molar-refractivity contribution in [2.75, 3.05) is 30.5 Å². The minimum Gasteiger partial charge on any atom is -0.484 e. The fourth-order valence-electron chi connectivity index (χ4n) is 2.50. The first-order chi connectivity index (χ1) is 15.0. The molecule has 1 atom stereocenters. The second-order valence-electron chi connectivity index (χ2n) is 6.32. The maximum atomic E-state index is 12.4. The molecule has 2 amide bonds. The molecule has 0 fully saturated rings. The van der Waals surface area contributed by atoms with Crippen molar-refractivity contribution in [2.45, 2.75) is 12.5 Å². The summed E-state index contributed by atoms with van der Waals surface area (Å²) in [6.07, 6.45) is 2.22. The number of anilines is 1. The molecule has 2 N–H and O–H groups in total. The van der Waals surface area contributed by atoms with Crippen LogP contribution in [0.2, 0.25) is 0 Å². The van der Waals surface area contributed by atoms with Crippen LogP contribution in [-0.4, -0.2) is 49.0 Å². The molecular formula is C22H23N3O5S. The van der Waals surface area contributed by atoms with Crippen LogP contribution in [0.4, 0.5) is 5.69 Å². The van der Waals surface area contributed by atoms with Crippen LogP contribution in [0.1, 0.15) is 12.0 Å². The first-order valence-electron chi connectivity index (χ1n) is 9.45. The lowest BCUT2D eigenvalue weighted by Gasteiger charge is -2.17. The highest BCUT2D eigenvalue weighted by Crippen LogP contribution is 2.13. The Hall–Kier alpha value is -3.51. The topological polar surface area (TPSA) is 118 Å². The van der Waals surface area contributed by atoms with Gasteiger partial charge in [0.05, 0.1) is 11.3 Å². The van der Waals surface area contributed by atoms with Crippen LogP contribution in [0.15, 0.2) is 54.6 Å². The summed E-state index contributed by atoms with van der Waals surface area (Å²) >= 11 is 1.51. The summed E-state index contributed by atoms with van der Waals surface area (Å²) in [7, 11) is 0. The molecule has 0 aliphatic carbocycles. The summed E-state index contributed by atoms with van der Waals surface area (Å²) in [5.74, 6) is -0.625. The summed E-state index contributed by atoms with van der Waals surface area (Å²) in [6, 6.07) is 16.4. The maximum Gasteiger partial charge on any atom is 0.329 e. The predicted molar refractivity (Wildman–Crippen MR) is 118 cm³/mol. The van der Waals surface area contributed by atoms with Crippen molar-refractivity contribution in [3.8, 4) is 11.8 Å². The Bertz CT molecular complexity index is 930. The van der Waals surface area contributed by atoms with Crippen molar-refractivity contribution >= 4 is 35.2 Å². The summed E-state index contributed by atoms with van der Waals surface area (Å²) in [6.45, 7) is -0.788. The fraction of sp³-hybridized carbons (Fsp3) is 0.273. The number of esters is 1. The Morgan fingerprint density at radius 3 is 2.45 bits per heavy atom. The first kappa shape index (κ1) is 23.8. The number of carbonyl (C=O) groups excluding carboxylic acids is 3. The van der Waals surface area contributed by atoms with Crippen molar-refractivity contribution in [1.29, 1.82) is 5.26 Å². The van der Waals surface area contributed by atoms with Gasteiger partial charge in [0.15, 0.2) is 13.2 Å². The number of nitrogens with one attached hydrogen (secondary N) is 2. The minimum absolute atomic E-state index is 0.251. The molecule has 0 aliphatic rings. The normalized spacial score (nSPS) is 11.0. The van der Waals surface area contributed by atoms with Gasteiger partial charge in [-0.2, -0.15) is 17.0 Å². The number of nitriles is 1. The molecule has 0 aromatic heterocycles. The lowest BCUT2D eigenvalue weighted by atomic mass is 10.2. The van der Waals surface area contributed by atoms with Gasteiger partial charge in [-0.3, -0.25) is 9.59 Å². The van der Waals surface area contributed by atoms with Gasteiger partial charge in [-0.25, -0.2) is 4.79 Å². The highest BCUT2D eigenvalue weighted by atomic mass is 32.2. The van der Waals surface area contributed by atoms with E-state index in [1.54, 1.807) is 48.5 Å². The van der Waals surface area contributed by atoms with E-state index in [2.05, 4.69) is 10.6 Å². The van der Waals surface area contributed by atoms with Crippen molar-refractivity contribution in [3.05, 3.63) is 60.2 Å². The zero-order chi connectivity index (χ0) is 22.5. The van der Waals surface area contributed by atoms with Crippen LogP contribution in [0.3, 0.4) is 0 Å². The number of para-hydroxylation sites is 2. The van der Waals surface area contributed by atoms with Gasteiger partial charge in [0.25, 0.3) is 11.8 Å². The molecule has 0 spiro atoms. The number of rotatable bonds is 11. The van der Waals surface area contributed by atoms with E-state index in [4.69, 9.17) is 14.7 Å². The van der Waals surface area contributed by atoms with E-state index in [1.807, 2.05) is 18.4 Å². The molecule has 8 nitrogen and oxygen atoms in total. The van der Waals surface area contributed by atoms with E-state index in [0.717, 1.165) is 0 Å². The number of carbonyl (C=O) groups is 3. The first-order valence-corrected chi connectivity index (χ1v) is 10.8. The summed E-state index contributed by atoms with van der Waals surface area (Å²) in [5, 5.41) is 14.2. The third-order valence-electron chi connectivity index (χ3n) is 4.01. The van der Waals surface area contributed by atoms with Crippen molar-refractivity contribution in [1.82, 2.24) is 5.32 Å². The molecule has 162 valence electrons. The summed E-state index contributed by atoms with van der Waals surface area (Å²) in [4.78, 5) is 36.7. The molecule has 2 aromatic rings. The second-order valence-corrected chi connectivity index (χ2v) is 7.30. The smallest absolute Gasteiger partial charge is 0.329 e. The molecule has 0 saturated carbocycles. The highest BCUT2D eigenvalue weighted by molar-refractivity contribution is 7.98. The molecule has 0 radical (unpaired) electrons. The molecular weight excluding hydrogens is 418 g/mol. The minimum atomic E-state index is -0.904. The largest absolute Gasteiger partial charge is 0.484 e. The highest BCUT2D eigenvalue weighted by Gasteiger charge is 2.23. The summed E-state index contributed by atoms with van der Waals surface area (Å²) in [5.41, 5.74) is 0.627. The van der Waals surface area contributed by atoms with Crippen LogP contribution in [0.5, 0.6) is 5.75 Å². The van der Waals surface area contributed by atoms with Crippen molar-refractivity contribution in [3.63, 3.8) is 0 Å². The Labute approximate surface area is 184 Å². The molecule has 2 rings (SSSR count). The van der Waals surface area contributed by atoms with Gasteiger partial charge >= 0.3 is 5.97 Å². The molecule has 0 heterocycles. The Kier molecular flexibility index (Phi) is 9.91. The maximum absolute atomic E-state index is 12.4. The van der Waals surface area contributed by atoms with Gasteiger partial charge in [-0.05, 0) is 42.7 Å². The Balaban J connectivity index is 1.86. The standard InChI is InChI=1S/C22H23N3O5S/c1-31-12-11-19(25-20(26)14-29-17-8-3-2-4-9-17)22(28)30-15-21(27)24-18-10-6-5-7-16(18)13-23/h2-10,19H,11-12,14-15H2,1H3,(H,24,27)(H,25,26). The lowest BCUT2D eigenvalue weighted by Crippen LogP contribution is -2.44. The Morgan fingerprint density at radius 2 is 1.74 bits per heavy atom. The number of benzene rings is 2. The Morgan fingerprint density at radius 1 is 1.03 bits per heavy atom. The van der Waals surface area contributed by atoms with Crippen LogP contribution >= 0.6 is 11.8 Å². The van der Waals surface area contributed by atoms with Crippen LogP contribution in [-0.2, 0) is 19.1 Å². The van der Waals surface area contributed by atoms with E-state index < -0.39 is 30.4 Å². The molecule has 2 aromatic carbocycles. The molecule has 1 unspecified atom stereocenters. The zero-order valence-electron chi connectivity index (χ0n) is 17.0. The zero-order valence-corrected chi connectivity index (χ0v) is 17.8. The third kappa shape index (κ3) is 8.40. The quantitative estimate of drug-likeness (QED) is 0.514. The second kappa shape index (κ2) is 12.9. The average Bonchev–Trinajstić information content (AvgIpc) is 2.79. The van der Waals surface area contributed by atoms with E-state index in [1.165, 1.54) is 11.8 Å². The molecule has 0 aliphatic heterocycles. The van der Waals surface area contributed by atoms with Gasteiger partial charge in [0.1, 0.15) is 17.9 Å². The average molecular weight is 442 g/mol. The van der Waals surface area contributed by atoms with E-state index >= 15 is 0 Å². The van der Waals surface area contributed by atoms with Crippen molar-refractivity contribution in [2.24, 2.45) is 0 Å². The SMILES string of the molecule is CSCCC(NC(=O)COc1ccccc1)C(=O)OCC(=O)Nc1ccccc1C#N. The fourth-order valence-corrected chi connectivity index (χ4v) is 2.97. The number of hydrogen-bond donors (Lipinski definition) is 2. The molecule has 31 heavy (non-hydrogen) atoms.